The maximum absolute atomic E-state index is 12.1. The predicted octanol–water partition coefficient (Wildman–Crippen LogP) is 3.20. The van der Waals surface area contributed by atoms with Gasteiger partial charge in [0.1, 0.15) is 0 Å². The molecule has 1 aromatic heterocycles. The molecule has 1 amide bonds. The van der Waals surface area contributed by atoms with E-state index in [1.165, 1.54) is 11.3 Å². The van der Waals surface area contributed by atoms with E-state index in [0.717, 1.165) is 18.5 Å². The van der Waals surface area contributed by atoms with E-state index in [-0.39, 0.29) is 5.91 Å². The van der Waals surface area contributed by atoms with Crippen molar-refractivity contribution in [1.82, 2.24) is 10.2 Å². The van der Waals surface area contributed by atoms with Gasteiger partial charge in [-0.1, -0.05) is 36.4 Å². The minimum Gasteiger partial charge on any atom is -0.351 e. The zero-order valence-electron chi connectivity index (χ0n) is 12.0. The number of nitrogens with one attached hydrogen (secondary N) is 1. The van der Waals surface area contributed by atoms with Crippen LogP contribution in [0.4, 0.5) is 0 Å². The summed E-state index contributed by atoms with van der Waals surface area (Å²) in [4.78, 5) is 15.8. The van der Waals surface area contributed by atoms with Gasteiger partial charge in [-0.3, -0.25) is 9.69 Å². The fourth-order valence-corrected chi connectivity index (χ4v) is 3.75. The number of carbonyl (C=O) groups excluding carboxylic acids is 1. The minimum atomic E-state index is 0.113. The Bertz CT molecular complexity index is 568. The van der Waals surface area contributed by atoms with Crippen LogP contribution in [0.2, 0.25) is 0 Å². The molecule has 0 aliphatic carbocycles. The molecule has 1 saturated heterocycles. The Morgan fingerprint density at radius 3 is 2.86 bits per heavy atom. The van der Waals surface area contributed by atoms with Gasteiger partial charge in [-0.05, 0) is 36.4 Å². The molecule has 0 saturated carbocycles. The topological polar surface area (TPSA) is 32.3 Å². The van der Waals surface area contributed by atoms with Crippen LogP contribution in [-0.2, 0) is 11.3 Å². The van der Waals surface area contributed by atoms with Crippen molar-refractivity contribution in [3.05, 3.63) is 58.3 Å². The second-order valence-corrected chi connectivity index (χ2v) is 6.39. The first-order chi connectivity index (χ1) is 10.3. The fourth-order valence-electron chi connectivity index (χ4n) is 2.86. The predicted molar refractivity (Wildman–Crippen MR) is 86.2 cm³/mol. The van der Waals surface area contributed by atoms with Crippen molar-refractivity contribution in [3.8, 4) is 0 Å². The number of carbonyl (C=O) groups is 1. The van der Waals surface area contributed by atoms with E-state index in [0.29, 0.717) is 19.1 Å². The van der Waals surface area contributed by atoms with Crippen LogP contribution < -0.4 is 5.32 Å². The van der Waals surface area contributed by atoms with Crippen molar-refractivity contribution >= 4 is 17.2 Å². The Labute approximate surface area is 129 Å². The molecule has 1 unspecified atom stereocenters. The molecule has 4 heteroatoms. The summed E-state index contributed by atoms with van der Waals surface area (Å²) < 4.78 is 0. The van der Waals surface area contributed by atoms with Gasteiger partial charge in [0.15, 0.2) is 0 Å². The van der Waals surface area contributed by atoms with Gasteiger partial charge in [-0.2, -0.15) is 0 Å². The molecule has 0 radical (unpaired) electrons. The van der Waals surface area contributed by atoms with Crippen molar-refractivity contribution < 1.29 is 4.79 Å². The molecule has 1 atom stereocenters. The molecule has 110 valence electrons. The number of likely N-dealkylation sites (tertiary alicyclic amines) is 1. The van der Waals surface area contributed by atoms with Crippen LogP contribution in [-0.4, -0.2) is 23.9 Å². The average molecular weight is 300 g/mol. The Hall–Kier alpha value is -1.65. The summed E-state index contributed by atoms with van der Waals surface area (Å²) in [6.07, 6.45) is 2.33. The highest BCUT2D eigenvalue weighted by Gasteiger charge is 2.27. The first kappa shape index (κ1) is 14.3. The molecule has 1 aliphatic heterocycles. The molecule has 21 heavy (non-hydrogen) atoms. The molecule has 2 heterocycles. The van der Waals surface area contributed by atoms with E-state index < -0.39 is 0 Å². The molecule has 1 aromatic carbocycles. The lowest BCUT2D eigenvalue weighted by Crippen LogP contribution is -2.36. The summed E-state index contributed by atoms with van der Waals surface area (Å²) in [5.74, 6) is 0.113. The second-order valence-electron chi connectivity index (χ2n) is 5.41. The van der Waals surface area contributed by atoms with Gasteiger partial charge >= 0.3 is 0 Å². The van der Waals surface area contributed by atoms with Crippen LogP contribution in [0.5, 0.6) is 0 Å². The fraction of sp³-hybridized carbons (Fsp3) is 0.353. The third-order valence-electron chi connectivity index (χ3n) is 3.91. The standard InChI is InChI=1S/C17H20N2OS/c20-17(18-12-14-6-2-1-3-7-14)13-19-10-4-8-15(19)16-9-5-11-21-16/h1-3,5-7,9,11,15H,4,8,10,12-13H2,(H,18,20). The molecule has 1 N–H and O–H groups in total. The van der Waals surface area contributed by atoms with Gasteiger partial charge in [0.2, 0.25) is 5.91 Å². The monoisotopic (exact) mass is 300 g/mol. The number of amides is 1. The quantitative estimate of drug-likeness (QED) is 0.919. The summed E-state index contributed by atoms with van der Waals surface area (Å²) in [6.45, 7) is 2.12. The highest BCUT2D eigenvalue weighted by Crippen LogP contribution is 2.33. The van der Waals surface area contributed by atoms with Gasteiger partial charge in [-0.25, -0.2) is 0 Å². The van der Waals surface area contributed by atoms with Crippen molar-refractivity contribution in [2.45, 2.75) is 25.4 Å². The molecule has 2 aromatic rings. The Morgan fingerprint density at radius 1 is 1.24 bits per heavy atom. The lowest BCUT2D eigenvalue weighted by molar-refractivity contribution is -0.122. The summed E-state index contributed by atoms with van der Waals surface area (Å²) in [7, 11) is 0. The van der Waals surface area contributed by atoms with E-state index in [9.17, 15) is 4.79 Å². The molecule has 3 rings (SSSR count). The van der Waals surface area contributed by atoms with E-state index >= 15 is 0 Å². The minimum absolute atomic E-state index is 0.113. The van der Waals surface area contributed by atoms with Crippen LogP contribution in [0.25, 0.3) is 0 Å². The van der Waals surface area contributed by atoms with Crippen molar-refractivity contribution in [1.29, 1.82) is 0 Å². The Kier molecular flexibility index (Phi) is 4.68. The summed E-state index contributed by atoms with van der Waals surface area (Å²) in [5, 5.41) is 5.13. The van der Waals surface area contributed by atoms with Crippen molar-refractivity contribution in [2.75, 3.05) is 13.1 Å². The highest BCUT2D eigenvalue weighted by molar-refractivity contribution is 7.10. The molecule has 0 spiro atoms. The summed E-state index contributed by atoms with van der Waals surface area (Å²) in [6, 6.07) is 14.7. The zero-order chi connectivity index (χ0) is 14.5. The molecule has 1 aliphatic rings. The van der Waals surface area contributed by atoms with E-state index in [2.05, 4.69) is 27.7 Å². The van der Waals surface area contributed by atoms with Crippen LogP contribution in [0.3, 0.4) is 0 Å². The maximum Gasteiger partial charge on any atom is 0.234 e. The van der Waals surface area contributed by atoms with Gasteiger partial charge in [0.25, 0.3) is 0 Å². The number of benzene rings is 1. The first-order valence-electron chi connectivity index (χ1n) is 7.41. The zero-order valence-corrected chi connectivity index (χ0v) is 12.8. The Morgan fingerprint density at radius 2 is 2.10 bits per heavy atom. The number of rotatable bonds is 5. The van der Waals surface area contributed by atoms with Crippen LogP contribution >= 0.6 is 11.3 Å². The third kappa shape index (κ3) is 3.71. The normalized spacial score (nSPS) is 18.8. The lowest BCUT2D eigenvalue weighted by Gasteiger charge is -2.22. The van der Waals surface area contributed by atoms with Crippen molar-refractivity contribution in [2.24, 2.45) is 0 Å². The van der Waals surface area contributed by atoms with E-state index in [1.807, 2.05) is 30.3 Å². The van der Waals surface area contributed by atoms with Crippen LogP contribution in [0, 0.1) is 0 Å². The highest BCUT2D eigenvalue weighted by atomic mass is 32.1. The molecular formula is C17H20N2OS. The van der Waals surface area contributed by atoms with Gasteiger partial charge in [0.05, 0.1) is 6.54 Å². The van der Waals surface area contributed by atoms with Gasteiger partial charge < -0.3 is 5.32 Å². The molecular weight excluding hydrogens is 280 g/mol. The lowest BCUT2D eigenvalue weighted by atomic mass is 10.2. The third-order valence-corrected chi connectivity index (χ3v) is 4.89. The van der Waals surface area contributed by atoms with Crippen LogP contribution in [0.15, 0.2) is 47.8 Å². The van der Waals surface area contributed by atoms with E-state index in [4.69, 9.17) is 0 Å². The Balaban J connectivity index is 1.52. The summed E-state index contributed by atoms with van der Waals surface area (Å²) >= 11 is 1.79. The summed E-state index contributed by atoms with van der Waals surface area (Å²) in [5.41, 5.74) is 1.14. The SMILES string of the molecule is O=C(CN1CCCC1c1cccs1)NCc1ccccc1. The van der Waals surface area contributed by atoms with Crippen LogP contribution in [0.1, 0.15) is 29.3 Å². The average Bonchev–Trinajstić information content (AvgIpc) is 3.17. The van der Waals surface area contributed by atoms with E-state index in [1.54, 1.807) is 11.3 Å². The van der Waals surface area contributed by atoms with Gasteiger partial charge in [0, 0.05) is 17.5 Å². The van der Waals surface area contributed by atoms with Crippen molar-refractivity contribution in [3.63, 3.8) is 0 Å². The molecule has 0 bridgehead atoms. The van der Waals surface area contributed by atoms with Gasteiger partial charge in [-0.15, -0.1) is 11.3 Å². The first-order valence-corrected chi connectivity index (χ1v) is 8.29. The molecule has 3 nitrogen and oxygen atoms in total. The smallest absolute Gasteiger partial charge is 0.234 e. The number of nitrogens with zero attached hydrogens (tertiary/aromatic N) is 1. The number of hydrogen-bond acceptors (Lipinski definition) is 3. The number of hydrogen-bond donors (Lipinski definition) is 1. The number of thiophene rings is 1. The second kappa shape index (κ2) is 6.87. The largest absolute Gasteiger partial charge is 0.351 e. The maximum atomic E-state index is 12.1. The molecule has 1 fully saturated rings.